The molecular weight excluding hydrogens is 282 g/mol. The second-order valence-corrected chi connectivity index (χ2v) is 6.37. The van der Waals surface area contributed by atoms with Crippen molar-refractivity contribution in [3.63, 3.8) is 0 Å². The molecule has 0 amide bonds. The maximum absolute atomic E-state index is 11.8. The molecule has 1 aliphatic heterocycles. The molecule has 0 spiro atoms. The number of methoxy groups -OCH3 is 1. The maximum Gasteiger partial charge on any atom is 0.314 e. The van der Waals surface area contributed by atoms with E-state index in [4.69, 9.17) is 9.47 Å². The Morgan fingerprint density at radius 2 is 2.18 bits per heavy atom. The van der Waals surface area contributed by atoms with Crippen molar-refractivity contribution in [3.05, 3.63) is 23.8 Å². The van der Waals surface area contributed by atoms with E-state index in [-0.39, 0.29) is 6.10 Å². The summed E-state index contributed by atoms with van der Waals surface area (Å²) < 4.78 is 11.6. The predicted octanol–water partition coefficient (Wildman–Crippen LogP) is 2.28. The lowest BCUT2D eigenvalue weighted by Crippen LogP contribution is -2.42. The molecule has 5 heteroatoms. The van der Waals surface area contributed by atoms with Crippen molar-refractivity contribution in [1.29, 1.82) is 0 Å². The Hall–Kier alpha value is -1.75. The summed E-state index contributed by atoms with van der Waals surface area (Å²) in [5.74, 6) is 0.474. The van der Waals surface area contributed by atoms with Gasteiger partial charge in [0.25, 0.3) is 0 Å². The molecule has 1 heterocycles. The zero-order valence-corrected chi connectivity index (χ0v) is 13.2. The van der Waals surface area contributed by atoms with Crippen molar-refractivity contribution < 1.29 is 19.4 Å². The van der Waals surface area contributed by atoms with E-state index in [0.717, 1.165) is 31.5 Å². The smallest absolute Gasteiger partial charge is 0.314 e. The average Bonchev–Trinajstić information content (AvgIpc) is 2.83. The van der Waals surface area contributed by atoms with Gasteiger partial charge < -0.3 is 19.5 Å². The second kappa shape index (κ2) is 5.80. The van der Waals surface area contributed by atoms with Crippen LogP contribution >= 0.6 is 0 Å². The van der Waals surface area contributed by atoms with Gasteiger partial charge in [-0.1, -0.05) is 18.6 Å². The standard InChI is InChI=1S/C17H23NO4/c1-18-10-7-12(11-18)22-14-6-3-5-13(15(14)21-2)17(16(19)20)8-4-9-17/h3,5-6,12H,4,7-11H2,1-2H3,(H,19,20). The number of carboxylic acid groups (broad SMARTS) is 1. The highest BCUT2D eigenvalue weighted by Gasteiger charge is 2.48. The fourth-order valence-corrected chi connectivity index (χ4v) is 3.50. The lowest BCUT2D eigenvalue weighted by molar-refractivity contribution is -0.147. The fraction of sp³-hybridized carbons (Fsp3) is 0.588. The summed E-state index contributed by atoms with van der Waals surface area (Å²) in [7, 11) is 3.66. The highest BCUT2D eigenvalue weighted by Crippen LogP contribution is 2.49. The number of benzene rings is 1. The molecule has 1 unspecified atom stereocenters. The number of likely N-dealkylation sites (N-methyl/N-ethyl adjacent to an activating group) is 1. The van der Waals surface area contributed by atoms with Crippen molar-refractivity contribution >= 4 is 5.97 Å². The molecule has 1 aromatic rings. The van der Waals surface area contributed by atoms with Gasteiger partial charge in [-0.3, -0.25) is 4.79 Å². The molecule has 1 saturated carbocycles. The fourth-order valence-electron chi connectivity index (χ4n) is 3.50. The number of hydrogen-bond donors (Lipinski definition) is 1. The number of carbonyl (C=O) groups is 1. The minimum atomic E-state index is -0.808. The van der Waals surface area contributed by atoms with Crippen LogP contribution in [0.1, 0.15) is 31.2 Å². The first-order valence-electron chi connectivity index (χ1n) is 7.83. The molecule has 2 aliphatic rings. The molecule has 120 valence electrons. The Morgan fingerprint density at radius 1 is 1.41 bits per heavy atom. The normalized spacial score (nSPS) is 23.8. The number of rotatable bonds is 5. The number of hydrogen-bond acceptors (Lipinski definition) is 4. The molecule has 0 bridgehead atoms. The molecule has 1 aromatic carbocycles. The lowest BCUT2D eigenvalue weighted by Gasteiger charge is -2.39. The minimum Gasteiger partial charge on any atom is -0.493 e. The largest absolute Gasteiger partial charge is 0.493 e. The Bertz CT molecular complexity index is 568. The molecule has 1 atom stereocenters. The summed E-state index contributed by atoms with van der Waals surface area (Å²) in [5, 5.41) is 9.66. The van der Waals surface area contributed by atoms with Crippen LogP contribution in [0, 0.1) is 0 Å². The zero-order valence-electron chi connectivity index (χ0n) is 13.2. The van der Waals surface area contributed by atoms with Crippen molar-refractivity contribution in [2.24, 2.45) is 0 Å². The number of likely N-dealkylation sites (tertiary alicyclic amines) is 1. The zero-order chi connectivity index (χ0) is 15.7. The van der Waals surface area contributed by atoms with Gasteiger partial charge in [0, 0.05) is 18.7 Å². The first kappa shape index (κ1) is 15.2. The molecule has 0 aromatic heterocycles. The van der Waals surface area contributed by atoms with Gasteiger partial charge in [0.15, 0.2) is 11.5 Å². The van der Waals surface area contributed by atoms with Crippen molar-refractivity contribution in [1.82, 2.24) is 4.90 Å². The van der Waals surface area contributed by atoms with E-state index in [1.54, 1.807) is 7.11 Å². The Morgan fingerprint density at radius 3 is 2.68 bits per heavy atom. The lowest BCUT2D eigenvalue weighted by atomic mass is 9.64. The van der Waals surface area contributed by atoms with Gasteiger partial charge in [0.1, 0.15) is 6.10 Å². The van der Waals surface area contributed by atoms with Crippen LogP contribution in [0.25, 0.3) is 0 Å². The van der Waals surface area contributed by atoms with E-state index in [0.29, 0.717) is 24.3 Å². The van der Waals surface area contributed by atoms with Crippen molar-refractivity contribution in [3.8, 4) is 11.5 Å². The van der Waals surface area contributed by atoms with Crippen LogP contribution < -0.4 is 9.47 Å². The van der Waals surface area contributed by atoms with E-state index < -0.39 is 11.4 Å². The van der Waals surface area contributed by atoms with E-state index in [1.807, 2.05) is 18.2 Å². The van der Waals surface area contributed by atoms with Crippen LogP contribution in [0.5, 0.6) is 11.5 Å². The molecule has 5 nitrogen and oxygen atoms in total. The third-order valence-corrected chi connectivity index (χ3v) is 4.96. The summed E-state index contributed by atoms with van der Waals surface area (Å²) in [5.41, 5.74) is -0.0606. The summed E-state index contributed by atoms with van der Waals surface area (Å²) in [6.07, 6.45) is 3.38. The Kier molecular flexibility index (Phi) is 4.00. The van der Waals surface area contributed by atoms with Gasteiger partial charge in [-0.05, 0) is 32.4 Å². The third kappa shape index (κ3) is 2.43. The maximum atomic E-state index is 11.8. The highest BCUT2D eigenvalue weighted by atomic mass is 16.5. The topological polar surface area (TPSA) is 59.0 Å². The molecular formula is C17H23NO4. The van der Waals surface area contributed by atoms with E-state index in [1.165, 1.54) is 0 Å². The second-order valence-electron chi connectivity index (χ2n) is 6.37. The summed E-state index contributed by atoms with van der Waals surface area (Å²) in [6.45, 7) is 1.91. The van der Waals surface area contributed by atoms with Crippen LogP contribution in [-0.2, 0) is 10.2 Å². The predicted molar refractivity (Wildman–Crippen MR) is 82.7 cm³/mol. The molecule has 1 aliphatic carbocycles. The number of carboxylic acids is 1. The molecule has 1 N–H and O–H groups in total. The number of ether oxygens (including phenoxy) is 2. The van der Waals surface area contributed by atoms with Crippen molar-refractivity contribution in [2.75, 3.05) is 27.2 Å². The van der Waals surface area contributed by atoms with E-state index in [9.17, 15) is 9.90 Å². The minimum absolute atomic E-state index is 0.135. The van der Waals surface area contributed by atoms with Gasteiger partial charge >= 0.3 is 5.97 Å². The van der Waals surface area contributed by atoms with Crippen LogP contribution in [0.4, 0.5) is 0 Å². The molecule has 3 rings (SSSR count). The molecule has 22 heavy (non-hydrogen) atoms. The highest BCUT2D eigenvalue weighted by molar-refractivity contribution is 5.84. The summed E-state index contributed by atoms with van der Waals surface area (Å²) >= 11 is 0. The van der Waals surface area contributed by atoms with E-state index in [2.05, 4.69) is 11.9 Å². The quantitative estimate of drug-likeness (QED) is 0.904. The SMILES string of the molecule is COc1c(OC2CCN(C)C2)cccc1C1(C(=O)O)CCC1. The Labute approximate surface area is 130 Å². The molecule has 2 fully saturated rings. The first-order chi connectivity index (χ1) is 10.6. The summed E-state index contributed by atoms with van der Waals surface area (Å²) in [4.78, 5) is 14.0. The number of para-hydroxylation sites is 1. The van der Waals surface area contributed by atoms with Gasteiger partial charge in [0.2, 0.25) is 0 Å². The molecule has 0 radical (unpaired) electrons. The van der Waals surface area contributed by atoms with Crippen LogP contribution in [-0.4, -0.2) is 49.3 Å². The molecule has 1 saturated heterocycles. The van der Waals surface area contributed by atoms with Crippen LogP contribution in [0.3, 0.4) is 0 Å². The van der Waals surface area contributed by atoms with Crippen molar-refractivity contribution in [2.45, 2.75) is 37.2 Å². The van der Waals surface area contributed by atoms with E-state index >= 15 is 0 Å². The van der Waals surface area contributed by atoms with Gasteiger partial charge in [-0.15, -0.1) is 0 Å². The third-order valence-electron chi connectivity index (χ3n) is 4.96. The van der Waals surface area contributed by atoms with Crippen LogP contribution in [0.2, 0.25) is 0 Å². The van der Waals surface area contributed by atoms with Crippen LogP contribution in [0.15, 0.2) is 18.2 Å². The van der Waals surface area contributed by atoms with Gasteiger partial charge in [-0.2, -0.15) is 0 Å². The monoisotopic (exact) mass is 305 g/mol. The Balaban J connectivity index is 1.92. The van der Waals surface area contributed by atoms with Gasteiger partial charge in [0.05, 0.1) is 12.5 Å². The number of aliphatic carboxylic acids is 1. The average molecular weight is 305 g/mol. The first-order valence-corrected chi connectivity index (χ1v) is 7.83. The number of nitrogens with zero attached hydrogens (tertiary/aromatic N) is 1. The van der Waals surface area contributed by atoms with Gasteiger partial charge in [-0.25, -0.2) is 0 Å². The summed E-state index contributed by atoms with van der Waals surface area (Å²) in [6, 6.07) is 5.60.